The maximum atomic E-state index is 10.4. The van der Waals surface area contributed by atoms with Crippen LogP contribution in [-0.4, -0.2) is 60.2 Å². The van der Waals surface area contributed by atoms with Gasteiger partial charge in [-0.3, -0.25) is 4.90 Å². The van der Waals surface area contributed by atoms with Crippen molar-refractivity contribution in [1.82, 2.24) is 4.90 Å². The fourth-order valence-electron chi connectivity index (χ4n) is 10.3. The first-order valence-electron chi connectivity index (χ1n) is 15.8. The molecule has 2 aliphatic heterocycles. The Kier molecular flexibility index (Phi) is 7.21. The molecule has 6 rings (SSSR count). The zero-order valence-corrected chi connectivity index (χ0v) is 24.3. The topological polar surface area (TPSA) is 41.9 Å². The number of fused-ring (bicyclic) bond motifs is 6. The number of piperidine rings is 1. The van der Waals surface area contributed by atoms with Gasteiger partial charge in [-0.05, 0) is 100 Å². The molecule has 10 atom stereocenters. The van der Waals surface area contributed by atoms with Gasteiger partial charge in [0.2, 0.25) is 0 Å². The molecule has 1 spiro atoms. The molecule has 2 heterocycles. The monoisotopic (exact) mass is 511 g/mol. The van der Waals surface area contributed by atoms with Crippen LogP contribution < -0.4 is 0 Å². The van der Waals surface area contributed by atoms with E-state index in [0.717, 1.165) is 63.2 Å². The minimum absolute atomic E-state index is 0.00730. The van der Waals surface area contributed by atoms with Crippen LogP contribution in [0.2, 0.25) is 0 Å². The summed E-state index contributed by atoms with van der Waals surface area (Å²) in [5.74, 6) is 3.56. The second-order valence-corrected chi connectivity index (χ2v) is 14.3. The Morgan fingerprint density at radius 1 is 1.16 bits per heavy atom. The summed E-state index contributed by atoms with van der Waals surface area (Å²) in [7, 11) is 0. The van der Waals surface area contributed by atoms with Crippen molar-refractivity contribution in [2.75, 3.05) is 26.3 Å². The van der Waals surface area contributed by atoms with Gasteiger partial charge in [0.1, 0.15) is 0 Å². The molecule has 37 heavy (non-hydrogen) atoms. The van der Waals surface area contributed by atoms with Crippen LogP contribution in [-0.2, 0) is 9.47 Å². The Morgan fingerprint density at radius 3 is 2.81 bits per heavy atom. The number of aliphatic hydroxyl groups is 1. The summed E-state index contributed by atoms with van der Waals surface area (Å²) in [6, 6.07) is 0.540. The van der Waals surface area contributed by atoms with E-state index in [1.165, 1.54) is 45.1 Å². The lowest BCUT2D eigenvalue weighted by Crippen LogP contribution is -2.52. The summed E-state index contributed by atoms with van der Waals surface area (Å²) in [6.07, 6.45) is 14.4. The standard InChI is InChI=1S/C33H53NO3/c1-6-14-36-15-13-34-20-21(2)16-30-31(34)23(4)33(37-30)12-10-26-27-8-7-24-17-25(35)9-11-32(24,5)29(27)18-28(26)22(3)19-33/h7,21,23,25-27,29-31,35H,6,8-20H2,1-5H3/t21-,23+,25-,26-,27-,29-,30+,31-,32-,33-/m0/s1. The van der Waals surface area contributed by atoms with Gasteiger partial charge in [0.05, 0.1) is 24.4 Å². The molecule has 4 fully saturated rings. The van der Waals surface area contributed by atoms with E-state index in [2.05, 4.69) is 45.6 Å². The third-order valence-corrected chi connectivity index (χ3v) is 12.1. The molecule has 0 unspecified atom stereocenters. The van der Waals surface area contributed by atoms with Crippen molar-refractivity contribution in [2.24, 2.45) is 35.0 Å². The van der Waals surface area contributed by atoms with Crippen LogP contribution in [0, 0.1) is 35.0 Å². The van der Waals surface area contributed by atoms with Gasteiger partial charge in [0.25, 0.3) is 0 Å². The molecule has 2 saturated carbocycles. The van der Waals surface area contributed by atoms with Gasteiger partial charge in [-0.25, -0.2) is 0 Å². The Labute approximate surface area is 226 Å². The summed E-state index contributed by atoms with van der Waals surface area (Å²) in [5, 5.41) is 10.4. The van der Waals surface area contributed by atoms with Crippen molar-refractivity contribution < 1.29 is 14.6 Å². The number of hydrogen-bond acceptors (Lipinski definition) is 4. The predicted octanol–water partition coefficient (Wildman–Crippen LogP) is 6.53. The van der Waals surface area contributed by atoms with Crippen LogP contribution >= 0.6 is 0 Å². The van der Waals surface area contributed by atoms with E-state index >= 15 is 0 Å². The number of ether oxygens (including phenoxy) is 2. The first kappa shape index (κ1) is 26.5. The maximum Gasteiger partial charge on any atom is 0.0765 e. The lowest BCUT2D eigenvalue weighted by molar-refractivity contribution is -0.0803. The molecule has 0 aromatic rings. The lowest BCUT2D eigenvalue weighted by Gasteiger charge is -2.49. The quantitative estimate of drug-likeness (QED) is 0.337. The van der Waals surface area contributed by atoms with E-state index in [0.29, 0.717) is 29.4 Å². The molecule has 4 nitrogen and oxygen atoms in total. The molecule has 0 aromatic heterocycles. The van der Waals surface area contributed by atoms with Crippen LogP contribution in [0.3, 0.4) is 0 Å². The summed E-state index contributed by atoms with van der Waals surface area (Å²) in [5.41, 5.74) is 5.36. The molecular formula is C33H53NO3. The van der Waals surface area contributed by atoms with Crippen LogP contribution in [0.1, 0.15) is 98.8 Å². The van der Waals surface area contributed by atoms with E-state index in [-0.39, 0.29) is 11.7 Å². The van der Waals surface area contributed by atoms with E-state index in [9.17, 15) is 5.11 Å². The van der Waals surface area contributed by atoms with Crippen LogP contribution in [0.5, 0.6) is 0 Å². The van der Waals surface area contributed by atoms with Gasteiger partial charge in [-0.1, -0.05) is 50.5 Å². The number of aliphatic hydroxyl groups excluding tert-OH is 1. The third-order valence-electron chi connectivity index (χ3n) is 12.1. The van der Waals surface area contributed by atoms with Gasteiger partial charge in [0, 0.05) is 31.7 Å². The summed E-state index contributed by atoms with van der Waals surface area (Å²) < 4.78 is 13.2. The van der Waals surface area contributed by atoms with Gasteiger partial charge in [-0.15, -0.1) is 0 Å². The maximum absolute atomic E-state index is 10.4. The summed E-state index contributed by atoms with van der Waals surface area (Å²) >= 11 is 0. The van der Waals surface area contributed by atoms with E-state index in [4.69, 9.17) is 9.47 Å². The van der Waals surface area contributed by atoms with Crippen LogP contribution in [0.25, 0.3) is 0 Å². The number of nitrogens with zero attached hydrogens (tertiary/aromatic N) is 1. The summed E-state index contributed by atoms with van der Waals surface area (Å²) in [6.45, 7) is 16.1. The largest absolute Gasteiger partial charge is 0.393 e. The van der Waals surface area contributed by atoms with Crippen LogP contribution in [0.15, 0.2) is 22.8 Å². The number of allylic oxidation sites excluding steroid dienone is 2. The second kappa shape index (κ2) is 10.1. The molecule has 2 saturated heterocycles. The Bertz CT molecular complexity index is 927. The van der Waals surface area contributed by atoms with Crippen molar-refractivity contribution in [3.8, 4) is 0 Å². The Balaban J connectivity index is 1.22. The van der Waals surface area contributed by atoms with Crippen molar-refractivity contribution in [1.29, 1.82) is 0 Å². The lowest BCUT2D eigenvalue weighted by atomic mass is 9.56. The average Bonchev–Trinajstić information content (AvgIpc) is 3.32. The molecule has 0 radical (unpaired) electrons. The fraction of sp³-hybridized carbons (Fsp3) is 0.879. The number of hydrogen-bond donors (Lipinski definition) is 1. The molecule has 4 aliphatic carbocycles. The first-order chi connectivity index (χ1) is 17.8. The Hall–Kier alpha value is -0.680. The zero-order valence-electron chi connectivity index (χ0n) is 24.3. The fourth-order valence-corrected chi connectivity index (χ4v) is 10.3. The molecular weight excluding hydrogens is 458 g/mol. The van der Waals surface area contributed by atoms with Crippen molar-refractivity contribution in [2.45, 2.75) is 123 Å². The Morgan fingerprint density at radius 2 is 2.00 bits per heavy atom. The number of likely N-dealkylation sites (tertiary alicyclic amines) is 1. The average molecular weight is 512 g/mol. The van der Waals surface area contributed by atoms with Gasteiger partial charge in [0.15, 0.2) is 0 Å². The molecule has 4 heteroatoms. The molecule has 0 amide bonds. The second-order valence-electron chi connectivity index (χ2n) is 14.3. The highest BCUT2D eigenvalue weighted by atomic mass is 16.5. The smallest absolute Gasteiger partial charge is 0.0765 e. The molecule has 208 valence electrons. The zero-order chi connectivity index (χ0) is 25.9. The minimum Gasteiger partial charge on any atom is -0.393 e. The van der Waals surface area contributed by atoms with E-state index < -0.39 is 0 Å². The summed E-state index contributed by atoms with van der Waals surface area (Å²) in [4.78, 5) is 2.74. The van der Waals surface area contributed by atoms with Crippen molar-refractivity contribution in [3.63, 3.8) is 0 Å². The van der Waals surface area contributed by atoms with Crippen molar-refractivity contribution >= 4 is 0 Å². The highest BCUT2D eigenvalue weighted by Gasteiger charge is 2.59. The van der Waals surface area contributed by atoms with Gasteiger partial charge >= 0.3 is 0 Å². The number of rotatable bonds is 5. The molecule has 1 N–H and O–H groups in total. The van der Waals surface area contributed by atoms with Crippen LogP contribution in [0.4, 0.5) is 0 Å². The van der Waals surface area contributed by atoms with E-state index in [1.54, 1.807) is 16.7 Å². The SMILES string of the molecule is CCCOCCN1C[C@@H](C)C[C@H]2O[C@]3(CC[C@@H]4C(=C(C)C3)C[C@H]3[C@H]4CC=C4C[C@@H](O)CC[C@@]43C)[C@H](C)[C@@H]21. The molecule has 6 aliphatic rings. The van der Waals surface area contributed by atoms with Gasteiger partial charge in [-0.2, -0.15) is 0 Å². The minimum atomic E-state index is -0.117. The third kappa shape index (κ3) is 4.41. The van der Waals surface area contributed by atoms with Crippen molar-refractivity contribution in [3.05, 3.63) is 22.8 Å². The molecule has 0 aromatic carbocycles. The van der Waals surface area contributed by atoms with E-state index in [1.807, 2.05) is 0 Å². The molecule has 0 bridgehead atoms. The highest BCUT2D eigenvalue weighted by Crippen LogP contribution is 2.63. The van der Waals surface area contributed by atoms with Gasteiger partial charge < -0.3 is 14.6 Å². The first-order valence-corrected chi connectivity index (χ1v) is 15.8. The predicted molar refractivity (Wildman–Crippen MR) is 149 cm³/mol. The normalized spacial score (nSPS) is 47.8. The highest BCUT2D eigenvalue weighted by molar-refractivity contribution is 5.34.